The van der Waals surface area contributed by atoms with Crippen LogP contribution in [0.2, 0.25) is 5.02 Å². The summed E-state index contributed by atoms with van der Waals surface area (Å²) in [5.74, 6) is 0. The van der Waals surface area contributed by atoms with Gasteiger partial charge in [-0.3, -0.25) is 18.9 Å². The molecule has 1 N–H and O–H groups in total. The summed E-state index contributed by atoms with van der Waals surface area (Å²) in [4.78, 5) is 12.3. The van der Waals surface area contributed by atoms with Gasteiger partial charge in [0.1, 0.15) is 0 Å². The lowest BCUT2D eigenvalue weighted by molar-refractivity contribution is 0.945. The number of hydrogen-bond donors (Lipinski definition) is 1. The number of halogens is 1. The Hall–Kier alpha value is -1.92. The summed E-state index contributed by atoms with van der Waals surface area (Å²) < 4.78 is 3.44. The van der Waals surface area contributed by atoms with Crippen LogP contribution in [0.3, 0.4) is 0 Å². The first-order valence-corrected chi connectivity index (χ1v) is 6.31. The molecule has 7 heteroatoms. The topological polar surface area (TPSA) is 55.1 Å². The molecule has 0 bridgehead atoms. The number of aryl methyl sites for hydroxylation is 1. The molecule has 3 aromatic rings. The Morgan fingerprint density at radius 1 is 1.37 bits per heavy atom. The number of aromatic amines is 1. The molecule has 0 aliphatic rings. The zero-order valence-corrected chi connectivity index (χ0v) is 11.5. The lowest BCUT2D eigenvalue weighted by Crippen LogP contribution is -2.20. The van der Waals surface area contributed by atoms with Crippen LogP contribution >= 0.6 is 23.8 Å². The molecule has 0 aliphatic carbocycles. The molecule has 0 spiro atoms. The van der Waals surface area contributed by atoms with E-state index in [9.17, 15) is 4.79 Å². The smallest absolute Gasteiger partial charge is 0.280 e. The summed E-state index contributed by atoms with van der Waals surface area (Å²) in [6.45, 7) is 1.89. The average Bonchev–Trinajstić information content (AvgIpc) is 2.76. The van der Waals surface area contributed by atoms with Crippen molar-refractivity contribution >= 4 is 29.5 Å². The molecule has 0 amide bonds. The molecule has 0 saturated carbocycles. The van der Waals surface area contributed by atoms with Gasteiger partial charge in [-0.25, -0.2) is 0 Å². The Labute approximate surface area is 118 Å². The molecule has 3 rings (SSSR count). The summed E-state index contributed by atoms with van der Waals surface area (Å²) >= 11 is 11.0. The molecular formula is C12H9ClN4OS. The van der Waals surface area contributed by atoms with Crippen LogP contribution in [0, 0.1) is 11.7 Å². The first-order chi connectivity index (χ1) is 9.08. The molecule has 1 aromatic carbocycles. The van der Waals surface area contributed by atoms with Crippen LogP contribution in [0.4, 0.5) is 0 Å². The molecule has 0 radical (unpaired) electrons. The van der Waals surface area contributed by atoms with Crippen molar-refractivity contribution in [1.29, 1.82) is 0 Å². The minimum Gasteiger partial charge on any atom is -0.280 e. The zero-order valence-electron chi connectivity index (χ0n) is 9.92. The predicted molar refractivity (Wildman–Crippen MR) is 75.7 cm³/mol. The van der Waals surface area contributed by atoms with Gasteiger partial charge in [0.25, 0.3) is 0 Å². The number of benzene rings is 1. The van der Waals surface area contributed by atoms with Gasteiger partial charge in [-0.05, 0) is 42.9 Å². The first-order valence-electron chi connectivity index (χ1n) is 5.53. The van der Waals surface area contributed by atoms with Crippen molar-refractivity contribution in [2.45, 2.75) is 6.92 Å². The molecule has 5 nitrogen and oxygen atoms in total. The molecule has 0 atom stereocenters. The molecule has 2 heterocycles. The average molecular weight is 293 g/mol. The number of fused-ring (bicyclic) bond motifs is 1. The summed E-state index contributed by atoms with van der Waals surface area (Å²) in [6, 6.07) is 5.40. The van der Waals surface area contributed by atoms with Gasteiger partial charge in [0, 0.05) is 23.1 Å². The van der Waals surface area contributed by atoms with Crippen LogP contribution < -0.4 is 5.56 Å². The number of aromatic nitrogens is 4. The monoisotopic (exact) mass is 292 g/mol. The highest BCUT2D eigenvalue weighted by atomic mass is 35.5. The first kappa shape index (κ1) is 12.1. The van der Waals surface area contributed by atoms with Gasteiger partial charge in [0.15, 0.2) is 4.77 Å². The van der Waals surface area contributed by atoms with Crippen molar-refractivity contribution < 1.29 is 0 Å². The van der Waals surface area contributed by atoms with Crippen LogP contribution in [0.5, 0.6) is 0 Å². The molecule has 2 aromatic heterocycles. The van der Waals surface area contributed by atoms with E-state index in [0.717, 1.165) is 11.3 Å². The van der Waals surface area contributed by atoms with E-state index in [4.69, 9.17) is 23.8 Å². The van der Waals surface area contributed by atoms with E-state index in [1.165, 1.54) is 8.97 Å². The third-order valence-electron chi connectivity index (χ3n) is 2.90. The Kier molecular flexibility index (Phi) is 2.76. The number of H-pyrrole nitrogens is 1. The molecular weight excluding hydrogens is 284 g/mol. The fraction of sp³-hybridized carbons (Fsp3) is 0.0833. The van der Waals surface area contributed by atoms with Gasteiger partial charge in [0.05, 0.1) is 0 Å². The maximum Gasteiger partial charge on any atom is 0.300 e. The highest BCUT2D eigenvalue weighted by molar-refractivity contribution is 7.71. The Bertz CT molecular complexity index is 893. The number of nitrogens with one attached hydrogen (secondary N) is 1. The largest absolute Gasteiger partial charge is 0.300 e. The van der Waals surface area contributed by atoms with Crippen molar-refractivity contribution in [3.05, 3.63) is 56.3 Å². The normalized spacial score (nSPS) is 11.1. The maximum absolute atomic E-state index is 12.3. The standard InChI is InChI=1S/C12H9ClN4OS/c1-7-6-8(2-3-9(7)13)16-4-5-17-10(11(16)18)14-15-12(17)19/h2-6H,1H3,(H,15,19). The molecule has 0 unspecified atom stereocenters. The highest BCUT2D eigenvalue weighted by Gasteiger charge is 2.08. The number of nitrogens with zero attached hydrogens (tertiary/aromatic N) is 3. The van der Waals surface area contributed by atoms with Crippen LogP contribution in [0.1, 0.15) is 5.56 Å². The summed E-state index contributed by atoms with van der Waals surface area (Å²) in [6.07, 6.45) is 3.36. The number of hydrogen-bond acceptors (Lipinski definition) is 3. The fourth-order valence-corrected chi connectivity index (χ4v) is 2.20. The van der Waals surface area contributed by atoms with E-state index in [0.29, 0.717) is 9.79 Å². The van der Waals surface area contributed by atoms with Crippen molar-refractivity contribution in [2.24, 2.45) is 0 Å². The molecule has 96 valence electrons. The van der Waals surface area contributed by atoms with Gasteiger partial charge in [-0.1, -0.05) is 11.6 Å². The van der Waals surface area contributed by atoms with E-state index in [1.54, 1.807) is 24.5 Å². The Morgan fingerprint density at radius 2 is 2.16 bits per heavy atom. The van der Waals surface area contributed by atoms with Crippen molar-refractivity contribution in [3.63, 3.8) is 0 Å². The molecule has 19 heavy (non-hydrogen) atoms. The second-order valence-electron chi connectivity index (χ2n) is 4.13. The second-order valence-corrected chi connectivity index (χ2v) is 4.92. The van der Waals surface area contributed by atoms with E-state index in [2.05, 4.69) is 10.2 Å². The molecule has 0 fully saturated rings. The third kappa shape index (κ3) is 1.89. The molecule has 0 saturated heterocycles. The highest BCUT2D eigenvalue weighted by Crippen LogP contribution is 2.18. The van der Waals surface area contributed by atoms with Crippen molar-refractivity contribution in [1.82, 2.24) is 19.2 Å². The summed E-state index contributed by atoms with van der Waals surface area (Å²) in [7, 11) is 0. The van der Waals surface area contributed by atoms with Crippen molar-refractivity contribution in [3.8, 4) is 5.69 Å². The van der Waals surface area contributed by atoms with Crippen LogP contribution in [-0.4, -0.2) is 19.2 Å². The number of rotatable bonds is 1. The fourth-order valence-electron chi connectivity index (χ4n) is 1.88. The predicted octanol–water partition coefficient (Wildman–Crippen LogP) is 2.50. The Morgan fingerprint density at radius 3 is 2.89 bits per heavy atom. The van der Waals surface area contributed by atoms with Crippen LogP contribution in [0.15, 0.2) is 35.4 Å². The van der Waals surface area contributed by atoms with Gasteiger partial charge >= 0.3 is 5.56 Å². The van der Waals surface area contributed by atoms with E-state index in [-0.39, 0.29) is 11.2 Å². The zero-order chi connectivity index (χ0) is 13.6. The van der Waals surface area contributed by atoms with Crippen LogP contribution in [0.25, 0.3) is 11.3 Å². The Balaban J connectivity index is 2.31. The lowest BCUT2D eigenvalue weighted by atomic mass is 10.2. The summed E-state index contributed by atoms with van der Waals surface area (Å²) in [5.41, 5.74) is 1.67. The maximum atomic E-state index is 12.3. The molecule has 0 aliphatic heterocycles. The van der Waals surface area contributed by atoms with Gasteiger partial charge in [0.2, 0.25) is 5.65 Å². The quantitative estimate of drug-likeness (QED) is 0.701. The second kappa shape index (κ2) is 4.32. The minimum absolute atomic E-state index is 0.239. The van der Waals surface area contributed by atoms with E-state index in [1.807, 2.05) is 13.0 Å². The SMILES string of the molecule is Cc1cc(-n2ccn3c(=S)[nH]nc3c2=O)ccc1Cl. The van der Waals surface area contributed by atoms with Gasteiger partial charge in [-0.2, -0.15) is 0 Å². The lowest BCUT2D eigenvalue weighted by Gasteiger charge is -2.07. The van der Waals surface area contributed by atoms with Gasteiger partial charge in [-0.15, -0.1) is 5.10 Å². The third-order valence-corrected chi connectivity index (χ3v) is 3.61. The van der Waals surface area contributed by atoms with Crippen molar-refractivity contribution in [2.75, 3.05) is 0 Å². The minimum atomic E-state index is -0.239. The van der Waals surface area contributed by atoms with Crippen LogP contribution in [-0.2, 0) is 0 Å². The van der Waals surface area contributed by atoms with E-state index < -0.39 is 0 Å². The van der Waals surface area contributed by atoms with E-state index >= 15 is 0 Å². The van der Waals surface area contributed by atoms with Gasteiger partial charge < -0.3 is 0 Å². The summed E-state index contributed by atoms with van der Waals surface area (Å²) in [5, 5.41) is 7.19.